The van der Waals surface area contributed by atoms with Crippen LogP contribution in [0.5, 0.6) is 0 Å². The summed E-state index contributed by atoms with van der Waals surface area (Å²) in [5, 5.41) is -0.554. The van der Waals surface area contributed by atoms with Crippen LogP contribution in [0.4, 0.5) is 0 Å². The second-order valence-electron chi connectivity index (χ2n) is 5.74. The highest BCUT2D eigenvalue weighted by molar-refractivity contribution is 7.92. The van der Waals surface area contributed by atoms with Gasteiger partial charge in [-0.2, -0.15) is 0 Å². The molecule has 0 aromatic heterocycles. The lowest BCUT2D eigenvalue weighted by Crippen LogP contribution is -2.38. The average molecular weight is 258 g/mol. The van der Waals surface area contributed by atoms with Gasteiger partial charge in [0.05, 0.1) is 10.5 Å². The molecule has 0 saturated heterocycles. The van der Waals surface area contributed by atoms with Crippen molar-refractivity contribution in [1.82, 2.24) is 0 Å². The molecule has 0 radical (unpaired) electrons. The standard InChI is InChI=1S/C13H22O3S/c1-10-4-2-6-12(8-10)17(15,16)13-7-3-5-11(14)9-13/h10,12-13H,2-9H2,1H3. The Bertz CT molecular complexity index is 385. The van der Waals surface area contributed by atoms with Crippen molar-refractivity contribution in [3.05, 3.63) is 0 Å². The molecule has 2 fully saturated rings. The topological polar surface area (TPSA) is 51.2 Å². The second kappa shape index (κ2) is 5.09. The Balaban J connectivity index is 2.09. The van der Waals surface area contributed by atoms with E-state index in [0.717, 1.165) is 32.1 Å². The van der Waals surface area contributed by atoms with Crippen molar-refractivity contribution in [3.8, 4) is 0 Å². The molecular formula is C13H22O3S. The van der Waals surface area contributed by atoms with Gasteiger partial charge in [0.15, 0.2) is 9.84 Å². The Morgan fingerprint density at radius 1 is 1.06 bits per heavy atom. The maximum Gasteiger partial charge on any atom is 0.156 e. The second-order valence-corrected chi connectivity index (χ2v) is 8.25. The number of hydrogen-bond donors (Lipinski definition) is 0. The van der Waals surface area contributed by atoms with E-state index in [1.807, 2.05) is 0 Å². The zero-order valence-electron chi connectivity index (χ0n) is 10.5. The van der Waals surface area contributed by atoms with Crippen LogP contribution in [0.15, 0.2) is 0 Å². The van der Waals surface area contributed by atoms with E-state index >= 15 is 0 Å². The van der Waals surface area contributed by atoms with Crippen LogP contribution in [0.2, 0.25) is 0 Å². The Hall–Kier alpha value is -0.380. The molecular weight excluding hydrogens is 236 g/mol. The maximum atomic E-state index is 12.5. The van der Waals surface area contributed by atoms with Crippen molar-refractivity contribution in [2.24, 2.45) is 5.92 Å². The van der Waals surface area contributed by atoms with Gasteiger partial charge in [0.1, 0.15) is 5.78 Å². The van der Waals surface area contributed by atoms with Crippen LogP contribution in [0.25, 0.3) is 0 Å². The molecule has 3 atom stereocenters. The Labute approximate surface area is 104 Å². The summed E-state index contributed by atoms with van der Waals surface area (Å²) in [6, 6.07) is 0. The Morgan fingerprint density at radius 3 is 2.41 bits per heavy atom. The van der Waals surface area contributed by atoms with Gasteiger partial charge in [0.25, 0.3) is 0 Å². The van der Waals surface area contributed by atoms with E-state index in [1.165, 1.54) is 0 Å². The summed E-state index contributed by atoms with van der Waals surface area (Å²) in [5.74, 6) is 0.650. The number of carbonyl (C=O) groups is 1. The fourth-order valence-corrected chi connectivity index (χ4v) is 5.76. The quantitative estimate of drug-likeness (QED) is 0.764. The van der Waals surface area contributed by atoms with Crippen molar-refractivity contribution >= 4 is 15.6 Å². The Kier molecular flexibility index (Phi) is 3.91. The first kappa shape index (κ1) is 13.1. The zero-order valence-corrected chi connectivity index (χ0v) is 11.3. The number of sulfone groups is 1. The minimum Gasteiger partial charge on any atom is -0.300 e. The van der Waals surface area contributed by atoms with Gasteiger partial charge in [-0.15, -0.1) is 0 Å². The monoisotopic (exact) mass is 258 g/mol. The van der Waals surface area contributed by atoms with Crippen LogP contribution in [0, 0.1) is 5.92 Å². The van der Waals surface area contributed by atoms with Crippen molar-refractivity contribution in [3.63, 3.8) is 0 Å². The molecule has 0 heterocycles. The van der Waals surface area contributed by atoms with Gasteiger partial charge >= 0.3 is 0 Å². The highest BCUT2D eigenvalue weighted by atomic mass is 32.2. The predicted molar refractivity (Wildman–Crippen MR) is 67.6 cm³/mol. The SMILES string of the molecule is CC1CCCC(S(=O)(=O)C2CCCC(=O)C2)C1. The van der Waals surface area contributed by atoms with Crippen LogP contribution < -0.4 is 0 Å². The molecule has 0 spiro atoms. The Morgan fingerprint density at radius 2 is 1.76 bits per heavy atom. The van der Waals surface area contributed by atoms with E-state index < -0.39 is 9.84 Å². The normalized spacial score (nSPS) is 35.8. The van der Waals surface area contributed by atoms with Gasteiger partial charge in [-0.05, 0) is 31.6 Å². The van der Waals surface area contributed by atoms with Gasteiger partial charge in [-0.3, -0.25) is 4.79 Å². The fourth-order valence-electron chi connectivity index (χ4n) is 3.21. The third-order valence-electron chi connectivity index (χ3n) is 4.25. The highest BCUT2D eigenvalue weighted by Gasteiger charge is 2.38. The first-order valence-electron chi connectivity index (χ1n) is 6.74. The molecule has 3 unspecified atom stereocenters. The van der Waals surface area contributed by atoms with E-state index in [-0.39, 0.29) is 22.7 Å². The van der Waals surface area contributed by atoms with Gasteiger partial charge in [-0.25, -0.2) is 8.42 Å². The number of hydrogen-bond acceptors (Lipinski definition) is 3. The molecule has 2 saturated carbocycles. The molecule has 4 heteroatoms. The van der Waals surface area contributed by atoms with Gasteiger partial charge in [0, 0.05) is 12.8 Å². The molecule has 2 rings (SSSR count). The lowest BCUT2D eigenvalue weighted by Gasteiger charge is -2.31. The minimum atomic E-state index is -3.07. The van der Waals surface area contributed by atoms with E-state index in [4.69, 9.17) is 0 Å². The van der Waals surface area contributed by atoms with Crippen molar-refractivity contribution in [2.45, 2.75) is 68.8 Å². The summed E-state index contributed by atoms with van der Waals surface area (Å²) in [7, 11) is -3.07. The van der Waals surface area contributed by atoms with E-state index in [2.05, 4.69) is 6.92 Å². The van der Waals surface area contributed by atoms with Gasteiger partial charge in [0.2, 0.25) is 0 Å². The third kappa shape index (κ3) is 2.90. The third-order valence-corrected chi connectivity index (χ3v) is 6.94. The molecule has 0 amide bonds. The van der Waals surface area contributed by atoms with E-state index in [9.17, 15) is 13.2 Å². The summed E-state index contributed by atoms with van der Waals surface area (Å²) in [5.41, 5.74) is 0. The predicted octanol–water partition coefficient (Wildman–Crippen LogP) is 2.49. The van der Waals surface area contributed by atoms with Crippen LogP contribution in [-0.4, -0.2) is 24.7 Å². The van der Waals surface area contributed by atoms with E-state index in [0.29, 0.717) is 18.8 Å². The summed E-state index contributed by atoms with van der Waals surface area (Å²) in [4.78, 5) is 11.4. The molecule has 2 aliphatic rings. The first-order chi connectivity index (χ1) is 8.00. The van der Waals surface area contributed by atoms with Gasteiger partial charge < -0.3 is 0 Å². The molecule has 0 aromatic rings. The fraction of sp³-hybridized carbons (Fsp3) is 0.923. The number of ketones is 1. The molecule has 3 nitrogen and oxygen atoms in total. The molecule has 17 heavy (non-hydrogen) atoms. The molecule has 0 N–H and O–H groups in total. The molecule has 0 bridgehead atoms. The highest BCUT2D eigenvalue weighted by Crippen LogP contribution is 2.33. The van der Waals surface area contributed by atoms with Crippen LogP contribution >= 0.6 is 0 Å². The van der Waals surface area contributed by atoms with Crippen LogP contribution in [-0.2, 0) is 14.6 Å². The van der Waals surface area contributed by atoms with Crippen LogP contribution in [0.1, 0.15) is 58.3 Å². The largest absolute Gasteiger partial charge is 0.300 e. The summed E-state index contributed by atoms with van der Waals surface area (Å²) >= 11 is 0. The summed E-state index contributed by atoms with van der Waals surface area (Å²) in [6.07, 6.45) is 6.07. The number of rotatable bonds is 2. The molecule has 2 aliphatic carbocycles. The van der Waals surface area contributed by atoms with Crippen LogP contribution in [0.3, 0.4) is 0 Å². The lowest BCUT2D eigenvalue weighted by molar-refractivity contribution is -0.120. The molecule has 0 aromatic carbocycles. The van der Waals surface area contributed by atoms with Crippen molar-refractivity contribution < 1.29 is 13.2 Å². The van der Waals surface area contributed by atoms with Crippen molar-refractivity contribution in [2.75, 3.05) is 0 Å². The average Bonchev–Trinajstić information content (AvgIpc) is 2.29. The lowest BCUT2D eigenvalue weighted by atomic mass is 9.90. The smallest absolute Gasteiger partial charge is 0.156 e. The summed E-state index contributed by atoms with van der Waals surface area (Å²) in [6.45, 7) is 2.13. The van der Waals surface area contributed by atoms with Gasteiger partial charge in [-0.1, -0.05) is 19.8 Å². The summed E-state index contributed by atoms with van der Waals surface area (Å²) < 4.78 is 25.0. The maximum absolute atomic E-state index is 12.5. The van der Waals surface area contributed by atoms with Crippen molar-refractivity contribution in [1.29, 1.82) is 0 Å². The number of carbonyl (C=O) groups excluding carboxylic acids is 1. The first-order valence-corrected chi connectivity index (χ1v) is 8.35. The molecule has 0 aliphatic heterocycles. The zero-order chi connectivity index (χ0) is 12.5. The minimum absolute atomic E-state index is 0.133. The van der Waals surface area contributed by atoms with E-state index in [1.54, 1.807) is 0 Å². The number of Topliss-reactive ketones (excluding diaryl/α,β-unsaturated/α-hetero) is 1. The molecule has 98 valence electrons.